The molecule has 6 nitrogen and oxygen atoms in total. The Morgan fingerprint density at radius 3 is 1.44 bits per heavy atom. The molecule has 0 N–H and O–H groups in total. The summed E-state index contributed by atoms with van der Waals surface area (Å²) in [6.45, 7) is -0.0178. The van der Waals surface area contributed by atoms with Gasteiger partial charge in [-0.2, -0.15) is 0 Å². The Hall–Kier alpha value is -5.14. The molecule has 0 saturated carbocycles. The summed E-state index contributed by atoms with van der Waals surface area (Å²) in [7, 11) is 0. The molecule has 6 aromatic rings. The normalized spacial score (nSPS) is 17.7. The van der Waals surface area contributed by atoms with Gasteiger partial charge in [0.1, 0.15) is 12.7 Å². The van der Waals surface area contributed by atoms with Crippen molar-refractivity contribution in [2.75, 3.05) is 6.61 Å². The second-order valence-electron chi connectivity index (χ2n) is 11.0. The molecule has 1 unspecified atom stereocenters. The lowest BCUT2D eigenvalue weighted by atomic mass is 10.1. The minimum Gasteiger partial charge on any atom is -0.461 e. The van der Waals surface area contributed by atoms with Crippen LogP contribution >= 0.6 is 11.8 Å². The van der Waals surface area contributed by atoms with Crippen LogP contribution in [-0.4, -0.2) is 41.3 Å². The first-order chi connectivity index (χ1) is 22.0. The summed E-state index contributed by atoms with van der Waals surface area (Å²) in [5.74, 6) is -1.43. The van der Waals surface area contributed by atoms with Gasteiger partial charge in [0.15, 0.2) is 5.44 Å². The quantitative estimate of drug-likeness (QED) is 0.133. The molecule has 1 fully saturated rings. The van der Waals surface area contributed by atoms with Gasteiger partial charge in [-0.25, -0.2) is 14.4 Å². The monoisotopic (exact) mass is 612 g/mol. The van der Waals surface area contributed by atoms with E-state index < -0.39 is 34.7 Å². The summed E-state index contributed by atoms with van der Waals surface area (Å²) in [5.41, 5.74) is 0.691. The second kappa shape index (κ2) is 12.5. The molecular weight excluding hydrogens is 584 g/mol. The van der Waals surface area contributed by atoms with Crippen molar-refractivity contribution in [3.05, 3.63) is 144 Å². The maximum Gasteiger partial charge on any atom is 0.339 e. The van der Waals surface area contributed by atoms with E-state index in [9.17, 15) is 14.4 Å². The molecule has 222 valence electrons. The first-order valence-electron chi connectivity index (χ1n) is 14.7. The molecule has 0 aliphatic carbocycles. The molecular formula is C38H28O6S. The van der Waals surface area contributed by atoms with Crippen molar-refractivity contribution in [1.29, 1.82) is 0 Å². The van der Waals surface area contributed by atoms with Crippen molar-refractivity contribution in [2.24, 2.45) is 0 Å². The summed E-state index contributed by atoms with van der Waals surface area (Å²) in [6, 6.07) is 39.6. The highest BCUT2D eigenvalue weighted by Crippen LogP contribution is 2.38. The fourth-order valence-corrected chi connectivity index (χ4v) is 6.93. The van der Waals surface area contributed by atoms with Gasteiger partial charge in [-0.05, 0) is 68.7 Å². The maximum atomic E-state index is 13.3. The summed E-state index contributed by atoms with van der Waals surface area (Å²) in [4.78, 5) is 39.5. The van der Waals surface area contributed by atoms with E-state index in [1.54, 1.807) is 36.4 Å². The first kappa shape index (κ1) is 28.6. The molecule has 6 aromatic carbocycles. The molecule has 1 aliphatic heterocycles. The van der Waals surface area contributed by atoms with Crippen LogP contribution in [0.25, 0.3) is 32.3 Å². The highest BCUT2D eigenvalue weighted by molar-refractivity contribution is 8.00. The number of hydrogen-bond donors (Lipinski definition) is 0. The van der Waals surface area contributed by atoms with Gasteiger partial charge in [0.05, 0.1) is 21.9 Å². The van der Waals surface area contributed by atoms with Crippen LogP contribution in [-0.2, 0) is 14.2 Å². The predicted molar refractivity (Wildman–Crippen MR) is 177 cm³/mol. The molecule has 0 radical (unpaired) electrons. The number of rotatable bonds is 7. The number of thioether (sulfide) groups is 1. The van der Waals surface area contributed by atoms with E-state index in [2.05, 4.69) is 0 Å². The number of esters is 3. The fraction of sp³-hybridized carbons (Fsp3) is 0.132. The predicted octanol–water partition coefficient (Wildman–Crippen LogP) is 8.22. The Labute approximate surface area is 263 Å². The Morgan fingerprint density at radius 2 is 0.956 bits per heavy atom. The Morgan fingerprint density at radius 1 is 0.533 bits per heavy atom. The third kappa shape index (κ3) is 6.26. The highest BCUT2D eigenvalue weighted by Gasteiger charge is 2.41. The van der Waals surface area contributed by atoms with E-state index in [-0.39, 0.29) is 13.0 Å². The van der Waals surface area contributed by atoms with E-state index >= 15 is 0 Å². The van der Waals surface area contributed by atoms with Crippen LogP contribution in [0.5, 0.6) is 0 Å². The number of hydrogen-bond acceptors (Lipinski definition) is 7. The average molecular weight is 613 g/mol. The maximum absolute atomic E-state index is 13.3. The van der Waals surface area contributed by atoms with Gasteiger partial charge in [0.2, 0.25) is 0 Å². The van der Waals surface area contributed by atoms with Crippen molar-refractivity contribution in [3.8, 4) is 0 Å². The van der Waals surface area contributed by atoms with Crippen molar-refractivity contribution in [3.63, 3.8) is 0 Å². The van der Waals surface area contributed by atoms with Crippen LogP contribution < -0.4 is 0 Å². The van der Waals surface area contributed by atoms with Crippen LogP contribution in [0.2, 0.25) is 0 Å². The van der Waals surface area contributed by atoms with E-state index in [0.29, 0.717) is 16.7 Å². The molecule has 45 heavy (non-hydrogen) atoms. The van der Waals surface area contributed by atoms with Gasteiger partial charge in [-0.1, -0.05) is 91.0 Å². The molecule has 3 atom stereocenters. The first-order valence-corrected chi connectivity index (χ1v) is 15.7. The van der Waals surface area contributed by atoms with Gasteiger partial charge in [0, 0.05) is 6.42 Å². The fourth-order valence-electron chi connectivity index (χ4n) is 5.61. The number of ether oxygens (including phenoxy) is 3. The van der Waals surface area contributed by atoms with Crippen LogP contribution in [0, 0.1) is 0 Å². The van der Waals surface area contributed by atoms with E-state index in [4.69, 9.17) is 14.2 Å². The lowest BCUT2D eigenvalue weighted by molar-refractivity contribution is 0.0136. The van der Waals surface area contributed by atoms with Gasteiger partial charge < -0.3 is 14.2 Å². The average Bonchev–Trinajstić information content (AvgIpc) is 3.46. The lowest BCUT2D eigenvalue weighted by Crippen LogP contribution is -2.29. The summed E-state index contributed by atoms with van der Waals surface area (Å²) >= 11 is 1.33. The summed E-state index contributed by atoms with van der Waals surface area (Å²) in [6.07, 6.45) is -0.380. The molecule has 1 heterocycles. The Balaban J connectivity index is 1.08. The van der Waals surface area contributed by atoms with E-state index in [1.165, 1.54) is 11.8 Å². The SMILES string of the molecule is O=C(OC[C@@H]1SC(OC(=O)c2ccc3ccccc3c2)C[C@@H]1OC(=O)c1ccc2ccccc2c1)c1ccc2ccccc2c1. The van der Waals surface area contributed by atoms with Crippen molar-refractivity contribution >= 4 is 62.0 Å². The molecule has 1 aliphatic rings. The number of benzene rings is 6. The minimum atomic E-state index is -0.646. The van der Waals surface area contributed by atoms with Gasteiger partial charge in [-0.3, -0.25) is 0 Å². The third-order valence-electron chi connectivity index (χ3n) is 8.00. The summed E-state index contributed by atoms with van der Waals surface area (Å²) < 4.78 is 17.6. The van der Waals surface area contributed by atoms with Crippen LogP contribution in [0.1, 0.15) is 37.5 Å². The van der Waals surface area contributed by atoms with Gasteiger partial charge in [0.25, 0.3) is 0 Å². The zero-order valence-electron chi connectivity index (χ0n) is 24.1. The molecule has 0 spiro atoms. The highest BCUT2D eigenvalue weighted by atomic mass is 32.2. The van der Waals surface area contributed by atoms with Crippen molar-refractivity contribution in [2.45, 2.75) is 23.2 Å². The van der Waals surface area contributed by atoms with E-state index in [0.717, 1.165) is 32.3 Å². The third-order valence-corrected chi connectivity index (χ3v) is 9.38. The zero-order chi connectivity index (χ0) is 30.8. The Kier molecular flexibility index (Phi) is 7.92. The number of fused-ring (bicyclic) bond motifs is 3. The lowest BCUT2D eigenvalue weighted by Gasteiger charge is -2.19. The standard InChI is InChI=1S/C38H28O6S/c39-36(30-16-13-24-7-1-4-10-27(24)19-30)42-23-34-33(43-37(40)31-17-14-25-8-2-5-11-28(25)20-31)22-35(45-34)44-38(41)32-18-15-26-9-3-6-12-29(26)21-32/h1-21,33-35H,22-23H2/t33-,34-,35?/m0/s1. The van der Waals surface area contributed by atoms with Crippen LogP contribution in [0.15, 0.2) is 127 Å². The van der Waals surface area contributed by atoms with Crippen molar-refractivity contribution < 1.29 is 28.6 Å². The zero-order valence-corrected chi connectivity index (χ0v) is 24.9. The molecule has 0 amide bonds. The van der Waals surface area contributed by atoms with Crippen molar-refractivity contribution in [1.82, 2.24) is 0 Å². The second-order valence-corrected chi connectivity index (χ2v) is 12.4. The minimum absolute atomic E-state index is 0.0178. The summed E-state index contributed by atoms with van der Waals surface area (Å²) in [5, 5.41) is 5.43. The molecule has 1 saturated heterocycles. The molecule has 0 aromatic heterocycles. The topological polar surface area (TPSA) is 78.9 Å². The number of carbonyl (C=O) groups excluding carboxylic acids is 3. The largest absolute Gasteiger partial charge is 0.461 e. The van der Waals surface area contributed by atoms with Crippen LogP contribution in [0.4, 0.5) is 0 Å². The Bertz CT molecular complexity index is 2070. The molecule has 7 rings (SSSR count). The molecule has 0 bridgehead atoms. The van der Waals surface area contributed by atoms with Crippen LogP contribution in [0.3, 0.4) is 0 Å². The smallest absolute Gasteiger partial charge is 0.339 e. The number of carbonyl (C=O) groups is 3. The van der Waals surface area contributed by atoms with Gasteiger partial charge in [-0.15, -0.1) is 11.8 Å². The van der Waals surface area contributed by atoms with E-state index in [1.807, 2.05) is 91.0 Å². The van der Waals surface area contributed by atoms with Gasteiger partial charge >= 0.3 is 17.9 Å². The molecule has 7 heteroatoms.